The second-order valence-electron chi connectivity index (χ2n) is 3.32. The molecule has 1 aromatic heterocycles. The van der Waals surface area contributed by atoms with E-state index in [1.807, 2.05) is 6.20 Å². The normalized spacial score (nSPS) is 10.7. The van der Waals surface area contributed by atoms with E-state index in [-0.39, 0.29) is 0 Å². The molecule has 0 aliphatic heterocycles. The van der Waals surface area contributed by atoms with Crippen molar-refractivity contribution in [1.82, 2.24) is 15.0 Å². The van der Waals surface area contributed by atoms with Gasteiger partial charge in [-0.25, -0.2) is 4.68 Å². The smallest absolute Gasteiger partial charge is 0.0844 e. The summed E-state index contributed by atoms with van der Waals surface area (Å²) in [6.45, 7) is 0.551. The number of hydrogen-bond acceptors (Lipinski definition) is 3. The zero-order valence-electron chi connectivity index (χ0n) is 8.40. The van der Waals surface area contributed by atoms with Crippen LogP contribution in [0, 0.1) is 0 Å². The van der Waals surface area contributed by atoms with Crippen LogP contribution in [0.3, 0.4) is 0 Å². The van der Waals surface area contributed by atoms with E-state index in [0.29, 0.717) is 23.0 Å². The van der Waals surface area contributed by atoms with Gasteiger partial charge in [-0.05, 0) is 24.7 Å². The Balaban J connectivity index is 2.34. The van der Waals surface area contributed by atoms with Gasteiger partial charge in [0.1, 0.15) is 0 Å². The maximum absolute atomic E-state index is 5.90. The van der Waals surface area contributed by atoms with Crippen molar-refractivity contribution in [3.8, 4) is 5.69 Å². The van der Waals surface area contributed by atoms with E-state index < -0.39 is 0 Å². The second-order valence-corrected chi connectivity index (χ2v) is 4.19. The summed E-state index contributed by atoms with van der Waals surface area (Å²) in [4.78, 5) is 0. The van der Waals surface area contributed by atoms with Crippen LogP contribution in [-0.2, 0) is 6.42 Å². The van der Waals surface area contributed by atoms with Crippen molar-refractivity contribution in [1.29, 1.82) is 0 Å². The maximum atomic E-state index is 5.90. The molecule has 0 aliphatic carbocycles. The van der Waals surface area contributed by atoms with E-state index in [1.165, 1.54) is 0 Å². The fourth-order valence-electron chi connectivity index (χ4n) is 1.36. The Morgan fingerprint density at radius 1 is 1.19 bits per heavy atom. The molecule has 2 rings (SSSR count). The van der Waals surface area contributed by atoms with Crippen LogP contribution >= 0.6 is 23.2 Å². The third kappa shape index (κ3) is 2.52. The Morgan fingerprint density at radius 3 is 2.50 bits per heavy atom. The molecule has 1 heterocycles. The third-order valence-electron chi connectivity index (χ3n) is 2.05. The first-order valence-corrected chi connectivity index (χ1v) is 5.52. The van der Waals surface area contributed by atoms with Crippen LogP contribution in [-0.4, -0.2) is 21.5 Å². The lowest BCUT2D eigenvalue weighted by atomic mass is 10.3. The molecule has 4 nitrogen and oxygen atoms in total. The van der Waals surface area contributed by atoms with Crippen molar-refractivity contribution < 1.29 is 0 Å². The molecule has 0 spiro atoms. The van der Waals surface area contributed by atoms with E-state index in [4.69, 9.17) is 28.9 Å². The van der Waals surface area contributed by atoms with E-state index in [2.05, 4.69) is 10.3 Å². The van der Waals surface area contributed by atoms with Crippen LogP contribution < -0.4 is 5.73 Å². The van der Waals surface area contributed by atoms with E-state index in [9.17, 15) is 0 Å². The van der Waals surface area contributed by atoms with Crippen LogP contribution in [0.2, 0.25) is 10.0 Å². The Bertz CT molecular complexity index is 475. The predicted molar refractivity (Wildman–Crippen MR) is 64.1 cm³/mol. The number of aromatic nitrogens is 3. The van der Waals surface area contributed by atoms with Crippen LogP contribution in [0.5, 0.6) is 0 Å². The van der Waals surface area contributed by atoms with Crippen molar-refractivity contribution in [3.05, 3.63) is 40.1 Å². The lowest BCUT2D eigenvalue weighted by molar-refractivity contribution is 0.795. The Kier molecular flexibility index (Phi) is 3.43. The number of nitrogens with two attached hydrogens (primary N) is 1. The average Bonchev–Trinajstić information content (AvgIpc) is 2.65. The minimum atomic E-state index is 0.551. The summed E-state index contributed by atoms with van der Waals surface area (Å²) in [6.07, 6.45) is 2.52. The van der Waals surface area contributed by atoms with Crippen molar-refractivity contribution >= 4 is 23.2 Å². The first-order chi connectivity index (χ1) is 7.69. The summed E-state index contributed by atoms with van der Waals surface area (Å²) in [6, 6.07) is 5.22. The highest BCUT2D eigenvalue weighted by atomic mass is 35.5. The number of nitrogens with zero attached hydrogens (tertiary/aromatic N) is 3. The largest absolute Gasteiger partial charge is 0.330 e. The average molecular weight is 257 g/mol. The zero-order chi connectivity index (χ0) is 11.5. The van der Waals surface area contributed by atoms with Gasteiger partial charge in [0.2, 0.25) is 0 Å². The molecule has 2 aromatic rings. The van der Waals surface area contributed by atoms with Gasteiger partial charge in [0.15, 0.2) is 0 Å². The molecule has 0 saturated heterocycles. The van der Waals surface area contributed by atoms with Crippen molar-refractivity contribution in [2.75, 3.05) is 6.54 Å². The fourth-order valence-corrected chi connectivity index (χ4v) is 1.87. The van der Waals surface area contributed by atoms with Gasteiger partial charge in [0, 0.05) is 16.5 Å². The van der Waals surface area contributed by atoms with Gasteiger partial charge in [-0.2, -0.15) is 0 Å². The molecule has 16 heavy (non-hydrogen) atoms. The van der Waals surface area contributed by atoms with E-state index in [1.54, 1.807) is 22.9 Å². The summed E-state index contributed by atoms with van der Waals surface area (Å²) in [5, 5.41) is 9.11. The molecule has 0 radical (unpaired) electrons. The lowest BCUT2D eigenvalue weighted by Gasteiger charge is -2.01. The highest BCUT2D eigenvalue weighted by Gasteiger charge is 2.04. The van der Waals surface area contributed by atoms with Crippen molar-refractivity contribution in [3.63, 3.8) is 0 Å². The van der Waals surface area contributed by atoms with Gasteiger partial charge < -0.3 is 5.73 Å². The second kappa shape index (κ2) is 4.82. The van der Waals surface area contributed by atoms with E-state index in [0.717, 1.165) is 11.4 Å². The van der Waals surface area contributed by atoms with Crippen LogP contribution in [0.4, 0.5) is 0 Å². The Labute approximate surface area is 103 Å². The van der Waals surface area contributed by atoms with Gasteiger partial charge >= 0.3 is 0 Å². The molecule has 0 amide bonds. The first-order valence-electron chi connectivity index (χ1n) is 4.77. The SMILES string of the molecule is NCCc1cn(-c2cc(Cl)cc(Cl)c2)nn1. The summed E-state index contributed by atoms with van der Waals surface area (Å²) >= 11 is 11.8. The quantitative estimate of drug-likeness (QED) is 0.915. The van der Waals surface area contributed by atoms with Gasteiger partial charge in [-0.15, -0.1) is 5.10 Å². The number of benzene rings is 1. The molecule has 0 atom stereocenters. The highest BCUT2D eigenvalue weighted by Crippen LogP contribution is 2.21. The predicted octanol–water partition coefficient (Wildman–Crippen LogP) is 2.08. The summed E-state index contributed by atoms with van der Waals surface area (Å²) in [7, 11) is 0. The molecule has 0 bridgehead atoms. The third-order valence-corrected chi connectivity index (χ3v) is 2.49. The molecular weight excluding hydrogens is 247 g/mol. The lowest BCUT2D eigenvalue weighted by Crippen LogP contribution is -2.02. The monoisotopic (exact) mass is 256 g/mol. The topological polar surface area (TPSA) is 56.7 Å². The molecular formula is C10H10Cl2N4. The van der Waals surface area contributed by atoms with Crippen molar-refractivity contribution in [2.24, 2.45) is 5.73 Å². The molecule has 1 aromatic carbocycles. The minimum absolute atomic E-state index is 0.551. The van der Waals surface area contributed by atoms with Crippen LogP contribution in [0.25, 0.3) is 5.69 Å². The van der Waals surface area contributed by atoms with Crippen LogP contribution in [0.15, 0.2) is 24.4 Å². The summed E-state index contributed by atoms with van der Waals surface area (Å²) in [5.41, 5.74) is 7.07. The number of hydrogen-bond donors (Lipinski definition) is 1. The minimum Gasteiger partial charge on any atom is -0.330 e. The van der Waals surface area contributed by atoms with Gasteiger partial charge in [-0.1, -0.05) is 28.4 Å². The standard InChI is InChI=1S/C10H10Cl2N4/c11-7-3-8(12)5-10(4-7)16-6-9(1-2-13)14-15-16/h3-6H,1-2,13H2. The van der Waals surface area contributed by atoms with E-state index >= 15 is 0 Å². The molecule has 84 valence electrons. The molecule has 0 aliphatic rings. The first kappa shape index (κ1) is 11.4. The van der Waals surface area contributed by atoms with Crippen LogP contribution in [0.1, 0.15) is 5.69 Å². The Morgan fingerprint density at radius 2 is 1.88 bits per heavy atom. The number of rotatable bonds is 3. The molecule has 0 fully saturated rings. The molecule has 0 saturated carbocycles. The maximum Gasteiger partial charge on any atom is 0.0844 e. The number of halogens is 2. The van der Waals surface area contributed by atoms with Gasteiger partial charge in [0.05, 0.1) is 17.6 Å². The van der Waals surface area contributed by atoms with Crippen molar-refractivity contribution in [2.45, 2.75) is 6.42 Å². The molecule has 6 heteroatoms. The summed E-state index contributed by atoms with van der Waals surface area (Å²) in [5.74, 6) is 0. The Hall–Kier alpha value is -1.10. The fraction of sp³-hybridized carbons (Fsp3) is 0.200. The summed E-state index contributed by atoms with van der Waals surface area (Å²) < 4.78 is 1.63. The molecule has 2 N–H and O–H groups in total. The zero-order valence-corrected chi connectivity index (χ0v) is 9.91. The highest BCUT2D eigenvalue weighted by molar-refractivity contribution is 6.34. The van der Waals surface area contributed by atoms with Gasteiger partial charge in [0.25, 0.3) is 0 Å². The van der Waals surface area contributed by atoms with Gasteiger partial charge in [-0.3, -0.25) is 0 Å². The molecule has 0 unspecified atom stereocenters.